The lowest BCUT2D eigenvalue weighted by atomic mass is 9.89. The highest BCUT2D eigenvalue weighted by atomic mass is 16.5. The van der Waals surface area contributed by atoms with Crippen molar-refractivity contribution < 1.29 is 19.7 Å². The summed E-state index contributed by atoms with van der Waals surface area (Å²) in [5.41, 5.74) is 1.98. The summed E-state index contributed by atoms with van der Waals surface area (Å²) in [5.74, 6) is 1.37. The third-order valence-corrected chi connectivity index (χ3v) is 3.64. The largest absolute Gasteiger partial charge is 0.504 e. The van der Waals surface area contributed by atoms with Gasteiger partial charge in [-0.05, 0) is 24.1 Å². The van der Waals surface area contributed by atoms with Crippen LogP contribution in [0.15, 0.2) is 36.4 Å². The summed E-state index contributed by atoms with van der Waals surface area (Å²) in [6.07, 6.45) is 0.740. The molecule has 0 saturated heterocycles. The molecule has 2 aromatic carbocycles. The number of rotatable bonds is 2. The van der Waals surface area contributed by atoms with Crippen LogP contribution in [0.1, 0.15) is 17.0 Å². The van der Waals surface area contributed by atoms with Crippen molar-refractivity contribution >= 4 is 0 Å². The van der Waals surface area contributed by atoms with Crippen LogP contribution in [0.2, 0.25) is 0 Å². The lowest BCUT2D eigenvalue weighted by Gasteiger charge is -2.27. The van der Waals surface area contributed by atoms with Gasteiger partial charge in [0.1, 0.15) is 11.5 Å². The topological polar surface area (TPSA) is 58.9 Å². The molecule has 2 aromatic rings. The van der Waals surface area contributed by atoms with Gasteiger partial charge in [-0.1, -0.05) is 18.2 Å². The Morgan fingerprint density at radius 1 is 1.15 bits per heavy atom. The second kappa shape index (κ2) is 4.96. The summed E-state index contributed by atoms with van der Waals surface area (Å²) in [7, 11) is 1.65. The molecule has 0 spiro atoms. The second-order valence-electron chi connectivity index (χ2n) is 4.90. The fraction of sp³-hybridized carbons (Fsp3) is 0.250. The minimum absolute atomic E-state index is 0.118. The molecular formula is C16H16O4. The van der Waals surface area contributed by atoms with E-state index in [1.54, 1.807) is 13.2 Å². The maximum Gasteiger partial charge on any atom is 0.161 e. The Morgan fingerprint density at radius 2 is 1.90 bits per heavy atom. The fourth-order valence-electron chi connectivity index (χ4n) is 2.61. The van der Waals surface area contributed by atoms with E-state index in [4.69, 9.17) is 9.47 Å². The molecule has 0 fully saturated rings. The lowest BCUT2D eigenvalue weighted by molar-refractivity contribution is 0.256. The third-order valence-electron chi connectivity index (χ3n) is 3.64. The lowest BCUT2D eigenvalue weighted by Crippen LogP contribution is -2.19. The Hall–Kier alpha value is -2.36. The predicted octanol–water partition coefficient (Wildman–Crippen LogP) is 2.83. The summed E-state index contributed by atoms with van der Waals surface area (Å²) in [6.45, 7) is 0.525. The zero-order chi connectivity index (χ0) is 14.1. The van der Waals surface area contributed by atoms with Gasteiger partial charge in [0.2, 0.25) is 0 Å². The zero-order valence-electron chi connectivity index (χ0n) is 11.2. The highest BCUT2D eigenvalue weighted by molar-refractivity contribution is 5.51. The molecule has 4 heteroatoms. The molecule has 0 aromatic heterocycles. The summed E-state index contributed by atoms with van der Waals surface area (Å²) in [5, 5.41) is 19.1. The average molecular weight is 272 g/mol. The second-order valence-corrected chi connectivity index (χ2v) is 4.90. The molecule has 1 aliphatic heterocycles. The van der Waals surface area contributed by atoms with Crippen LogP contribution in [-0.4, -0.2) is 23.9 Å². The molecule has 0 bridgehead atoms. The average Bonchev–Trinajstić information content (AvgIpc) is 2.48. The Morgan fingerprint density at radius 3 is 2.70 bits per heavy atom. The van der Waals surface area contributed by atoms with Gasteiger partial charge in [-0.2, -0.15) is 0 Å². The summed E-state index contributed by atoms with van der Waals surface area (Å²) >= 11 is 0. The van der Waals surface area contributed by atoms with Gasteiger partial charge in [-0.25, -0.2) is 0 Å². The maximum atomic E-state index is 9.60. The van der Waals surface area contributed by atoms with E-state index in [2.05, 4.69) is 0 Å². The zero-order valence-corrected chi connectivity index (χ0v) is 11.2. The van der Waals surface area contributed by atoms with Gasteiger partial charge in [0.25, 0.3) is 0 Å². The van der Waals surface area contributed by atoms with E-state index in [9.17, 15) is 10.2 Å². The Balaban J connectivity index is 1.94. The summed E-state index contributed by atoms with van der Waals surface area (Å²) in [4.78, 5) is 0. The Bertz CT molecular complexity index is 636. The number of ether oxygens (including phenoxy) is 2. The van der Waals surface area contributed by atoms with Gasteiger partial charge in [0.05, 0.1) is 13.7 Å². The number of aromatic hydroxyl groups is 2. The van der Waals surface area contributed by atoms with Crippen LogP contribution in [0.25, 0.3) is 0 Å². The monoisotopic (exact) mass is 272 g/mol. The summed E-state index contributed by atoms with van der Waals surface area (Å²) < 4.78 is 11.1. The van der Waals surface area contributed by atoms with Gasteiger partial charge in [-0.15, -0.1) is 0 Å². The normalized spacial score (nSPS) is 17.1. The molecule has 0 amide bonds. The van der Waals surface area contributed by atoms with Crippen molar-refractivity contribution in [2.75, 3.05) is 13.7 Å². The molecule has 20 heavy (non-hydrogen) atoms. The number of hydrogen-bond acceptors (Lipinski definition) is 4. The Kier molecular flexibility index (Phi) is 3.14. The van der Waals surface area contributed by atoms with Gasteiger partial charge in [0.15, 0.2) is 11.5 Å². The molecule has 4 nitrogen and oxygen atoms in total. The number of hydrogen-bond donors (Lipinski definition) is 2. The van der Waals surface area contributed by atoms with Gasteiger partial charge < -0.3 is 19.7 Å². The fourth-order valence-corrected chi connectivity index (χ4v) is 2.61. The highest BCUT2D eigenvalue weighted by Crippen LogP contribution is 2.40. The van der Waals surface area contributed by atoms with Crippen molar-refractivity contribution in [1.29, 1.82) is 0 Å². The number of benzene rings is 2. The van der Waals surface area contributed by atoms with Crippen molar-refractivity contribution in [3.63, 3.8) is 0 Å². The van der Waals surface area contributed by atoms with Crippen LogP contribution >= 0.6 is 0 Å². The van der Waals surface area contributed by atoms with E-state index in [1.807, 2.05) is 24.3 Å². The molecule has 0 saturated carbocycles. The molecule has 1 atom stereocenters. The molecule has 104 valence electrons. The van der Waals surface area contributed by atoms with Gasteiger partial charge in [-0.3, -0.25) is 0 Å². The van der Waals surface area contributed by atoms with Crippen molar-refractivity contribution in [3.8, 4) is 23.0 Å². The van der Waals surface area contributed by atoms with E-state index >= 15 is 0 Å². The van der Waals surface area contributed by atoms with Crippen molar-refractivity contribution in [3.05, 3.63) is 47.5 Å². The van der Waals surface area contributed by atoms with E-state index in [1.165, 1.54) is 6.07 Å². The first-order chi connectivity index (χ1) is 9.69. The predicted molar refractivity (Wildman–Crippen MR) is 74.7 cm³/mol. The van der Waals surface area contributed by atoms with Crippen molar-refractivity contribution in [2.24, 2.45) is 0 Å². The number of methoxy groups -OCH3 is 1. The molecule has 0 radical (unpaired) electrons. The molecule has 1 heterocycles. The van der Waals surface area contributed by atoms with E-state index in [0.29, 0.717) is 12.4 Å². The Labute approximate surface area is 117 Å². The van der Waals surface area contributed by atoms with Crippen molar-refractivity contribution in [2.45, 2.75) is 12.3 Å². The summed E-state index contributed by atoms with van der Waals surface area (Å²) in [6, 6.07) is 10.9. The minimum atomic E-state index is -0.153. The van der Waals surface area contributed by atoms with Crippen LogP contribution in [0, 0.1) is 0 Å². The number of fused-ring (bicyclic) bond motifs is 1. The number of para-hydroxylation sites is 1. The van der Waals surface area contributed by atoms with Crippen LogP contribution in [0.5, 0.6) is 23.0 Å². The van der Waals surface area contributed by atoms with Crippen LogP contribution in [-0.2, 0) is 6.42 Å². The smallest absolute Gasteiger partial charge is 0.161 e. The van der Waals surface area contributed by atoms with E-state index < -0.39 is 0 Å². The van der Waals surface area contributed by atoms with E-state index in [-0.39, 0.29) is 17.4 Å². The maximum absolute atomic E-state index is 9.60. The quantitative estimate of drug-likeness (QED) is 0.825. The first-order valence-corrected chi connectivity index (χ1v) is 6.49. The van der Waals surface area contributed by atoms with Crippen LogP contribution < -0.4 is 9.47 Å². The SMILES string of the molecule is COc1ccccc1C1COc2cc(O)c(O)cc2C1. The minimum Gasteiger partial charge on any atom is -0.504 e. The third kappa shape index (κ3) is 2.13. The van der Waals surface area contributed by atoms with Gasteiger partial charge in [0, 0.05) is 17.5 Å². The van der Waals surface area contributed by atoms with Crippen molar-refractivity contribution in [1.82, 2.24) is 0 Å². The standard InChI is InChI=1S/C16H16O4/c1-19-15-5-3-2-4-12(15)11-6-10-7-13(17)14(18)8-16(10)20-9-11/h2-5,7-8,11,17-18H,6,9H2,1H3. The first kappa shape index (κ1) is 12.7. The molecule has 1 aliphatic rings. The van der Waals surface area contributed by atoms with Crippen LogP contribution in [0.4, 0.5) is 0 Å². The molecule has 3 rings (SSSR count). The number of phenolic OH excluding ortho intramolecular Hbond substituents is 2. The molecule has 2 N–H and O–H groups in total. The molecule has 0 aliphatic carbocycles. The number of phenols is 2. The highest BCUT2D eigenvalue weighted by Gasteiger charge is 2.25. The molecule has 1 unspecified atom stereocenters. The van der Waals surface area contributed by atoms with E-state index in [0.717, 1.165) is 23.3 Å². The van der Waals surface area contributed by atoms with Gasteiger partial charge >= 0.3 is 0 Å². The first-order valence-electron chi connectivity index (χ1n) is 6.49. The van der Waals surface area contributed by atoms with Crippen LogP contribution in [0.3, 0.4) is 0 Å². The molecular weight excluding hydrogens is 256 g/mol.